The van der Waals surface area contributed by atoms with E-state index in [1.54, 1.807) is 0 Å². The average Bonchev–Trinajstić information content (AvgIpc) is 1.95. The molecule has 0 saturated carbocycles. The van der Waals surface area contributed by atoms with Crippen molar-refractivity contribution in [1.82, 2.24) is 0 Å². The van der Waals surface area contributed by atoms with Crippen LogP contribution in [0.1, 0.15) is 5.56 Å². The summed E-state index contributed by atoms with van der Waals surface area (Å²) in [4.78, 5) is 0. The molecular formula is C8H8BrO. The van der Waals surface area contributed by atoms with Crippen molar-refractivity contribution >= 4 is 15.9 Å². The van der Waals surface area contributed by atoms with Gasteiger partial charge in [0.05, 0.1) is 13.7 Å². The first-order chi connectivity index (χ1) is 4.83. The van der Waals surface area contributed by atoms with E-state index in [2.05, 4.69) is 23.0 Å². The molecule has 0 aliphatic rings. The first-order valence-corrected chi connectivity index (χ1v) is 3.73. The predicted molar refractivity (Wildman–Crippen MR) is 44.3 cm³/mol. The van der Waals surface area contributed by atoms with Gasteiger partial charge >= 0.3 is 0 Å². The number of rotatable bonds is 2. The van der Waals surface area contributed by atoms with Crippen LogP contribution in [-0.2, 0) is 11.3 Å². The summed E-state index contributed by atoms with van der Waals surface area (Å²) in [5.41, 5.74) is 1.14. The Morgan fingerprint density at radius 2 is 1.90 bits per heavy atom. The van der Waals surface area contributed by atoms with Gasteiger partial charge in [-0.2, -0.15) is 0 Å². The molecule has 0 spiro atoms. The lowest BCUT2D eigenvalue weighted by atomic mass is 10.2. The van der Waals surface area contributed by atoms with Crippen LogP contribution >= 0.6 is 15.9 Å². The van der Waals surface area contributed by atoms with E-state index in [4.69, 9.17) is 4.74 Å². The maximum atomic E-state index is 4.70. The molecule has 0 bridgehead atoms. The average molecular weight is 200 g/mol. The Labute approximate surface area is 69.1 Å². The Kier molecular flexibility index (Phi) is 2.90. The molecule has 2 heteroatoms. The molecule has 1 radical (unpaired) electrons. The molecule has 10 heavy (non-hydrogen) atoms. The summed E-state index contributed by atoms with van der Waals surface area (Å²) >= 11 is 3.34. The quantitative estimate of drug-likeness (QED) is 0.713. The third-order valence-electron chi connectivity index (χ3n) is 1.18. The van der Waals surface area contributed by atoms with Gasteiger partial charge in [-0.1, -0.05) is 28.1 Å². The highest BCUT2D eigenvalue weighted by Crippen LogP contribution is 2.10. The van der Waals surface area contributed by atoms with Crippen LogP contribution < -0.4 is 0 Å². The van der Waals surface area contributed by atoms with Gasteiger partial charge in [-0.3, -0.25) is 0 Å². The molecular weight excluding hydrogens is 192 g/mol. The van der Waals surface area contributed by atoms with Crippen molar-refractivity contribution in [2.75, 3.05) is 0 Å². The van der Waals surface area contributed by atoms with Gasteiger partial charge in [-0.25, -0.2) is 0 Å². The monoisotopic (exact) mass is 199 g/mol. The van der Waals surface area contributed by atoms with Crippen molar-refractivity contribution in [3.63, 3.8) is 0 Å². The van der Waals surface area contributed by atoms with Crippen molar-refractivity contribution in [2.45, 2.75) is 6.61 Å². The summed E-state index contributed by atoms with van der Waals surface area (Å²) in [6, 6.07) is 7.95. The SMILES string of the molecule is [CH2]OCc1ccc(Br)cc1. The fourth-order valence-corrected chi connectivity index (χ4v) is 0.963. The largest absolute Gasteiger partial charge is 0.374 e. The zero-order valence-corrected chi connectivity index (χ0v) is 7.10. The molecule has 1 aromatic carbocycles. The molecule has 1 rings (SSSR count). The van der Waals surface area contributed by atoms with E-state index in [-0.39, 0.29) is 0 Å². The number of ether oxygens (including phenoxy) is 1. The fraction of sp³-hybridized carbons (Fsp3) is 0.125. The molecule has 0 heterocycles. The predicted octanol–water partition coefficient (Wildman–Crippen LogP) is 2.76. The second-order valence-corrected chi connectivity index (χ2v) is 2.89. The van der Waals surface area contributed by atoms with Crippen LogP contribution in [0.25, 0.3) is 0 Å². The highest BCUT2D eigenvalue weighted by atomic mass is 79.9. The number of hydrogen-bond donors (Lipinski definition) is 0. The van der Waals surface area contributed by atoms with E-state index in [1.165, 1.54) is 0 Å². The summed E-state index contributed by atoms with van der Waals surface area (Å²) in [5.74, 6) is 0. The van der Waals surface area contributed by atoms with Gasteiger partial charge in [0.15, 0.2) is 0 Å². The highest BCUT2D eigenvalue weighted by molar-refractivity contribution is 9.10. The fourth-order valence-electron chi connectivity index (χ4n) is 0.698. The van der Waals surface area contributed by atoms with Gasteiger partial charge in [-0.15, -0.1) is 0 Å². The van der Waals surface area contributed by atoms with Crippen LogP contribution in [0.4, 0.5) is 0 Å². The van der Waals surface area contributed by atoms with Crippen molar-refractivity contribution in [2.24, 2.45) is 0 Å². The zero-order chi connectivity index (χ0) is 7.40. The Hall–Kier alpha value is -0.340. The summed E-state index contributed by atoms with van der Waals surface area (Å²) in [5, 5.41) is 0. The standard InChI is InChI=1S/C8H8BrO/c1-10-6-7-2-4-8(9)5-3-7/h2-5H,1,6H2. The first kappa shape index (κ1) is 7.76. The lowest BCUT2D eigenvalue weighted by Gasteiger charge is -1.97. The number of hydrogen-bond acceptors (Lipinski definition) is 1. The Morgan fingerprint density at radius 3 is 2.40 bits per heavy atom. The van der Waals surface area contributed by atoms with Gasteiger partial charge in [-0.05, 0) is 17.7 Å². The molecule has 0 N–H and O–H groups in total. The highest BCUT2D eigenvalue weighted by Gasteiger charge is 1.89. The van der Waals surface area contributed by atoms with Crippen LogP contribution in [0.2, 0.25) is 0 Å². The summed E-state index contributed by atoms with van der Waals surface area (Å²) in [6.07, 6.45) is 0. The molecule has 0 unspecified atom stereocenters. The molecule has 0 saturated heterocycles. The Morgan fingerprint density at radius 1 is 1.30 bits per heavy atom. The van der Waals surface area contributed by atoms with Gasteiger partial charge in [0, 0.05) is 4.47 Å². The van der Waals surface area contributed by atoms with E-state index in [0.29, 0.717) is 6.61 Å². The van der Waals surface area contributed by atoms with E-state index in [0.717, 1.165) is 10.0 Å². The second-order valence-electron chi connectivity index (χ2n) is 1.97. The summed E-state index contributed by atoms with van der Waals surface area (Å²) in [7, 11) is 3.29. The Bertz CT molecular complexity index is 193. The van der Waals surface area contributed by atoms with Crippen molar-refractivity contribution in [3.05, 3.63) is 41.4 Å². The number of benzene rings is 1. The van der Waals surface area contributed by atoms with E-state index < -0.39 is 0 Å². The minimum atomic E-state index is 0.577. The van der Waals surface area contributed by atoms with Crippen molar-refractivity contribution in [1.29, 1.82) is 0 Å². The lowest BCUT2D eigenvalue weighted by molar-refractivity contribution is 0.229. The maximum Gasteiger partial charge on any atom is 0.0718 e. The van der Waals surface area contributed by atoms with E-state index >= 15 is 0 Å². The van der Waals surface area contributed by atoms with Crippen molar-refractivity contribution < 1.29 is 4.74 Å². The molecule has 1 aromatic rings. The van der Waals surface area contributed by atoms with Gasteiger partial charge < -0.3 is 4.74 Å². The van der Waals surface area contributed by atoms with E-state index in [1.807, 2.05) is 24.3 Å². The van der Waals surface area contributed by atoms with Crippen molar-refractivity contribution in [3.8, 4) is 0 Å². The van der Waals surface area contributed by atoms with E-state index in [9.17, 15) is 0 Å². The topological polar surface area (TPSA) is 9.23 Å². The maximum absolute atomic E-state index is 4.70. The van der Waals surface area contributed by atoms with Crippen LogP contribution in [0, 0.1) is 7.11 Å². The number of halogens is 1. The smallest absolute Gasteiger partial charge is 0.0718 e. The molecule has 0 aliphatic carbocycles. The molecule has 0 atom stereocenters. The van der Waals surface area contributed by atoms with Crippen LogP contribution in [-0.4, -0.2) is 0 Å². The summed E-state index contributed by atoms with van der Waals surface area (Å²) < 4.78 is 5.79. The minimum Gasteiger partial charge on any atom is -0.374 e. The molecule has 0 aromatic heterocycles. The van der Waals surface area contributed by atoms with Crippen LogP contribution in [0.15, 0.2) is 28.7 Å². The second kappa shape index (κ2) is 3.74. The molecule has 1 nitrogen and oxygen atoms in total. The zero-order valence-electron chi connectivity index (χ0n) is 5.51. The Balaban J connectivity index is 2.69. The van der Waals surface area contributed by atoms with Crippen LogP contribution in [0.5, 0.6) is 0 Å². The molecule has 0 fully saturated rings. The molecule has 0 aliphatic heterocycles. The van der Waals surface area contributed by atoms with Gasteiger partial charge in [0.25, 0.3) is 0 Å². The third-order valence-corrected chi connectivity index (χ3v) is 1.71. The normalized spacial score (nSPS) is 9.80. The lowest BCUT2D eigenvalue weighted by Crippen LogP contribution is -1.83. The minimum absolute atomic E-state index is 0.577. The summed E-state index contributed by atoms with van der Waals surface area (Å²) in [6.45, 7) is 0.577. The third kappa shape index (κ3) is 2.12. The molecule has 0 amide bonds. The van der Waals surface area contributed by atoms with Crippen LogP contribution in [0.3, 0.4) is 0 Å². The van der Waals surface area contributed by atoms with Gasteiger partial charge in [0.2, 0.25) is 0 Å². The first-order valence-electron chi connectivity index (χ1n) is 2.94. The van der Waals surface area contributed by atoms with Gasteiger partial charge in [0.1, 0.15) is 0 Å². The molecule has 53 valence electrons.